The minimum Gasteiger partial charge on any atom is -0.384 e. The van der Waals surface area contributed by atoms with Gasteiger partial charge >= 0.3 is 0 Å². The Hall–Kier alpha value is -2.38. The van der Waals surface area contributed by atoms with Crippen LogP contribution in [0.15, 0.2) is 53.4 Å². The standard InChI is InChI=1S/C16H18N3O3S/c1-19(11-10-12-2-6-14(20)7-3-12)23(21,22)15-8-4-13(5-9-15)16(17)18/h2-9H,10-11H2,1H3,(H3,17,18). The molecule has 0 heterocycles. The molecule has 0 saturated carbocycles. The van der Waals surface area contributed by atoms with Gasteiger partial charge in [-0.25, -0.2) is 12.7 Å². The molecule has 23 heavy (non-hydrogen) atoms. The second kappa shape index (κ2) is 6.80. The molecule has 2 aromatic carbocycles. The minimum atomic E-state index is -3.60. The van der Waals surface area contributed by atoms with Gasteiger partial charge in [0.2, 0.25) is 10.0 Å². The van der Waals surface area contributed by atoms with Crippen LogP contribution >= 0.6 is 0 Å². The van der Waals surface area contributed by atoms with E-state index in [0.717, 1.165) is 5.56 Å². The van der Waals surface area contributed by atoms with Crippen molar-refractivity contribution in [1.82, 2.24) is 4.31 Å². The van der Waals surface area contributed by atoms with Gasteiger partial charge in [0.15, 0.2) is 5.75 Å². The van der Waals surface area contributed by atoms with E-state index in [1.54, 1.807) is 12.1 Å². The first-order valence-electron chi connectivity index (χ1n) is 6.97. The Morgan fingerprint density at radius 1 is 1.09 bits per heavy atom. The number of amidine groups is 1. The largest absolute Gasteiger partial charge is 0.384 e. The number of hydrogen-bond donors (Lipinski definition) is 2. The molecule has 0 spiro atoms. The summed E-state index contributed by atoms with van der Waals surface area (Å²) in [4.78, 5) is 0.153. The number of nitrogens with two attached hydrogens (primary N) is 1. The molecule has 0 aliphatic carbocycles. The summed E-state index contributed by atoms with van der Waals surface area (Å²) in [6, 6.07) is 12.2. The summed E-state index contributed by atoms with van der Waals surface area (Å²) in [7, 11) is -2.09. The Bertz CT molecular complexity index is 784. The Kier molecular flexibility index (Phi) is 5.02. The van der Waals surface area contributed by atoms with Crippen LogP contribution in [0.2, 0.25) is 0 Å². The Morgan fingerprint density at radius 3 is 2.17 bits per heavy atom. The predicted molar refractivity (Wildman–Crippen MR) is 87.6 cm³/mol. The van der Waals surface area contributed by atoms with E-state index in [1.165, 1.54) is 47.8 Å². The van der Waals surface area contributed by atoms with Crippen molar-refractivity contribution < 1.29 is 13.5 Å². The summed E-state index contributed by atoms with van der Waals surface area (Å²) in [5, 5.41) is 18.4. The zero-order chi connectivity index (χ0) is 17.0. The van der Waals surface area contributed by atoms with Gasteiger partial charge in [-0.3, -0.25) is 10.5 Å². The molecular formula is C16H18N3O3S. The van der Waals surface area contributed by atoms with Gasteiger partial charge in [0.05, 0.1) is 4.90 Å². The SMILES string of the molecule is CN(CCc1ccc([O])cc1)S(=O)(=O)c1ccc(C(=N)N)cc1. The monoisotopic (exact) mass is 332 g/mol. The first-order chi connectivity index (χ1) is 10.8. The molecule has 1 radical (unpaired) electrons. The van der Waals surface area contributed by atoms with E-state index in [1.807, 2.05) is 0 Å². The van der Waals surface area contributed by atoms with Crippen molar-refractivity contribution in [2.45, 2.75) is 11.3 Å². The summed E-state index contributed by atoms with van der Waals surface area (Å²) in [5.74, 6) is -0.176. The minimum absolute atomic E-state index is 0.0692. The average Bonchev–Trinajstić information content (AvgIpc) is 2.54. The first kappa shape index (κ1) is 17.0. The predicted octanol–water partition coefficient (Wildman–Crippen LogP) is 1.98. The topological polar surface area (TPSA) is 107 Å². The van der Waals surface area contributed by atoms with E-state index in [0.29, 0.717) is 18.5 Å². The quantitative estimate of drug-likeness (QED) is 0.623. The fourth-order valence-electron chi connectivity index (χ4n) is 2.05. The van der Waals surface area contributed by atoms with E-state index >= 15 is 0 Å². The van der Waals surface area contributed by atoms with Gasteiger partial charge in [0, 0.05) is 19.2 Å². The molecule has 6 nitrogen and oxygen atoms in total. The van der Waals surface area contributed by atoms with Crippen molar-refractivity contribution in [3.8, 4) is 5.75 Å². The maximum absolute atomic E-state index is 12.5. The number of nitrogen functional groups attached to an aromatic ring is 1. The highest BCUT2D eigenvalue weighted by atomic mass is 32.2. The number of nitrogens with zero attached hydrogens (tertiary/aromatic N) is 1. The second-order valence-electron chi connectivity index (χ2n) is 5.16. The molecule has 0 amide bonds. The molecule has 0 aliphatic heterocycles. The molecule has 3 N–H and O–H groups in total. The molecule has 2 rings (SSSR count). The zero-order valence-electron chi connectivity index (χ0n) is 12.7. The molecule has 0 unspecified atom stereocenters. The van der Waals surface area contributed by atoms with Gasteiger partial charge in [-0.05, 0) is 48.4 Å². The van der Waals surface area contributed by atoms with Crippen LogP contribution in [0, 0.1) is 5.41 Å². The van der Waals surface area contributed by atoms with Crippen molar-refractivity contribution >= 4 is 15.9 Å². The lowest BCUT2D eigenvalue weighted by molar-refractivity contribution is 0.354. The van der Waals surface area contributed by atoms with Crippen molar-refractivity contribution in [2.75, 3.05) is 13.6 Å². The van der Waals surface area contributed by atoms with Gasteiger partial charge in [-0.1, -0.05) is 12.1 Å². The molecule has 0 atom stereocenters. The molecule has 7 heteroatoms. The van der Waals surface area contributed by atoms with Gasteiger partial charge in [-0.2, -0.15) is 0 Å². The van der Waals surface area contributed by atoms with Crippen LogP contribution in [-0.2, 0) is 21.6 Å². The van der Waals surface area contributed by atoms with Gasteiger partial charge < -0.3 is 5.73 Å². The molecule has 0 fully saturated rings. The number of rotatable bonds is 6. The molecule has 0 aliphatic rings. The molecule has 0 saturated heterocycles. The van der Waals surface area contributed by atoms with Gasteiger partial charge in [0.25, 0.3) is 0 Å². The zero-order valence-corrected chi connectivity index (χ0v) is 13.5. The summed E-state index contributed by atoms with van der Waals surface area (Å²) in [6.07, 6.45) is 0.515. The Balaban J connectivity index is 2.08. The third kappa shape index (κ3) is 4.08. The highest BCUT2D eigenvalue weighted by Gasteiger charge is 2.20. The lowest BCUT2D eigenvalue weighted by atomic mass is 10.1. The van der Waals surface area contributed by atoms with E-state index in [2.05, 4.69) is 0 Å². The number of sulfonamides is 1. The van der Waals surface area contributed by atoms with Crippen LogP contribution in [0.3, 0.4) is 0 Å². The first-order valence-corrected chi connectivity index (χ1v) is 8.41. The van der Waals surface area contributed by atoms with Crippen LogP contribution in [0.4, 0.5) is 0 Å². The van der Waals surface area contributed by atoms with Crippen LogP contribution in [0.5, 0.6) is 5.75 Å². The van der Waals surface area contributed by atoms with E-state index in [4.69, 9.17) is 11.1 Å². The van der Waals surface area contributed by atoms with Crippen LogP contribution in [0.25, 0.3) is 0 Å². The van der Waals surface area contributed by atoms with Gasteiger partial charge in [0.1, 0.15) is 5.84 Å². The highest BCUT2D eigenvalue weighted by molar-refractivity contribution is 7.89. The van der Waals surface area contributed by atoms with E-state index < -0.39 is 10.0 Å². The van der Waals surface area contributed by atoms with Gasteiger partial charge in [-0.15, -0.1) is 0 Å². The Labute approximate surface area is 135 Å². The normalized spacial score (nSPS) is 11.6. The maximum Gasteiger partial charge on any atom is 0.242 e. The van der Waals surface area contributed by atoms with Crippen molar-refractivity contribution in [1.29, 1.82) is 5.41 Å². The highest BCUT2D eigenvalue weighted by Crippen LogP contribution is 2.16. The average molecular weight is 332 g/mol. The van der Waals surface area contributed by atoms with Crippen LogP contribution < -0.4 is 5.73 Å². The fourth-order valence-corrected chi connectivity index (χ4v) is 3.22. The third-order valence-electron chi connectivity index (χ3n) is 3.51. The molecule has 0 bridgehead atoms. The molecule has 121 valence electrons. The number of hydrogen-bond acceptors (Lipinski definition) is 3. The van der Waals surface area contributed by atoms with Crippen LogP contribution in [0.1, 0.15) is 11.1 Å². The third-order valence-corrected chi connectivity index (χ3v) is 5.38. The number of benzene rings is 2. The second-order valence-corrected chi connectivity index (χ2v) is 7.20. The maximum atomic E-state index is 12.5. The molecular weight excluding hydrogens is 314 g/mol. The number of likely N-dealkylation sites (N-methyl/N-ethyl adjacent to an activating group) is 1. The summed E-state index contributed by atoms with van der Waals surface area (Å²) < 4.78 is 26.2. The number of nitrogens with one attached hydrogen (secondary N) is 1. The van der Waals surface area contributed by atoms with E-state index in [9.17, 15) is 13.5 Å². The van der Waals surface area contributed by atoms with Crippen LogP contribution in [-0.4, -0.2) is 32.2 Å². The van der Waals surface area contributed by atoms with Crippen molar-refractivity contribution in [2.24, 2.45) is 5.73 Å². The Morgan fingerprint density at radius 2 is 1.65 bits per heavy atom. The lowest BCUT2D eigenvalue weighted by Gasteiger charge is -2.17. The molecule has 0 aromatic heterocycles. The van der Waals surface area contributed by atoms with E-state index in [-0.39, 0.29) is 16.5 Å². The smallest absolute Gasteiger partial charge is 0.242 e. The molecule has 2 aromatic rings. The summed E-state index contributed by atoms with van der Waals surface area (Å²) in [5.41, 5.74) is 6.73. The lowest BCUT2D eigenvalue weighted by Crippen LogP contribution is -2.29. The van der Waals surface area contributed by atoms with Crippen molar-refractivity contribution in [3.05, 3.63) is 59.7 Å². The summed E-state index contributed by atoms with van der Waals surface area (Å²) >= 11 is 0. The van der Waals surface area contributed by atoms with Crippen molar-refractivity contribution in [3.63, 3.8) is 0 Å². The fraction of sp³-hybridized carbons (Fsp3) is 0.188. The summed E-state index contributed by atoms with van der Waals surface area (Å²) in [6.45, 7) is 0.301.